The fourth-order valence-corrected chi connectivity index (χ4v) is 4.86. The number of likely N-dealkylation sites (tertiary alicyclic amines) is 1. The van der Waals surface area contributed by atoms with Crippen LogP contribution in [0.4, 0.5) is 0 Å². The number of piperidine rings is 1. The van der Waals surface area contributed by atoms with Crippen molar-refractivity contribution in [2.24, 2.45) is 17.3 Å². The Bertz CT molecular complexity index is 800. The molecule has 3 aliphatic rings. The van der Waals surface area contributed by atoms with Crippen molar-refractivity contribution in [2.75, 3.05) is 19.6 Å². The van der Waals surface area contributed by atoms with Gasteiger partial charge in [-0.2, -0.15) is 0 Å². The minimum Gasteiger partial charge on any atom is -0.481 e. The van der Waals surface area contributed by atoms with E-state index in [0.29, 0.717) is 18.2 Å². The Balaban J connectivity index is 1.54. The van der Waals surface area contributed by atoms with E-state index in [1.807, 2.05) is 16.7 Å². The average molecular weight is 374 g/mol. The van der Waals surface area contributed by atoms with Crippen LogP contribution in [0.3, 0.4) is 0 Å². The Morgan fingerprint density at radius 2 is 2.11 bits per heavy atom. The number of aliphatic carboxylic acids is 1. The van der Waals surface area contributed by atoms with Crippen LogP contribution in [0.1, 0.15) is 36.5 Å². The third kappa shape index (κ3) is 2.92. The molecule has 0 radical (unpaired) electrons. The van der Waals surface area contributed by atoms with Crippen molar-refractivity contribution in [2.45, 2.75) is 39.4 Å². The molecule has 1 aromatic heterocycles. The first-order valence-electron chi connectivity index (χ1n) is 9.52. The summed E-state index contributed by atoms with van der Waals surface area (Å²) >= 11 is 0. The molecule has 8 nitrogen and oxygen atoms in total. The van der Waals surface area contributed by atoms with Crippen molar-refractivity contribution >= 4 is 17.8 Å². The summed E-state index contributed by atoms with van der Waals surface area (Å²) < 4.78 is 2.04. The summed E-state index contributed by atoms with van der Waals surface area (Å²) in [6, 6.07) is 3.28. The third-order valence-electron chi connectivity index (χ3n) is 6.48. The number of carbonyl (C=O) groups is 3. The van der Waals surface area contributed by atoms with Crippen LogP contribution in [0.25, 0.3) is 0 Å². The van der Waals surface area contributed by atoms with Crippen molar-refractivity contribution in [3.8, 4) is 0 Å². The molecule has 0 aromatic carbocycles. The fourth-order valence-electron chi connectivity index (χ4n) is 4.86. The fraction of sp³-hybridized carbons (Fsp3) is 0.632. The van der Waals surface area contributed by atoms with Gasteiger partial charge in [-0.1, -0.05) is 13.8 Å². The number of amides is 2. The molecular weight excluding hydrogens is 348 g/mol. The predicted octanol–water partition coefficient (Wildman–Crippen LogP) is 0.279. The zero-order chi connectivity index (χ0) is 19.3. The molecule has 1 saturated heterocycles. The highest BCUT2D eigenvalue weighted by Crippen LogP contribution is 2.65. The second-order valence-corrected chi connectivity index (χ2v) is 8.33. The third-order valence-corrected chi connectivity index (χ3v) is 6.48. The van der Waals surface area contributed by atoms with Crippen LogP contribution in [0.15, 0.2) is 12.1 Å². The number of carbonyl (C=O) groups excluding carboxylic acids is 2. The van der Waals surface area contributed by atoms with Crippen molar-refractivity contribution < 1.29 is 19.5 Å². The van der Waals surface area contributed by atoms with Gasteiger partial charge in [0.15, 0.2) is 0 Å². The smallest absolute Gasteiger partial charge is 0.305 e. The van der Waals surface area contributed by atoms with Gasteiger partial charge < -0.3 is 25.2 Å². The molecule has 3 atom stereocenters. The first-order chi connectivity index (χ1) is 12.8. The van der Waals surface area contributed by atoms with Crippen LogP contribution >= 0.6 is 0 Å². The lowest BCUT2D eigenvalue weighted by atomic mass is 10.00. The van der Waals surface area contributed by atoms with Crippen molar-refractivity contribution in [1.29, 1.82) is 0 Å². The van der Waals surface area contributed by atoms with Crippen molar-refractivity contribution in [1.82, 2.24) is 20.1 Å². The van der Waals surface area contributed by atoms with Gasteiger partial charge in [-0.25, -0.2) is 0 Å². The van der Waals surface area contributed by atoms with Crippen molar-refractivity contribution in [3.05, 3.63) is 23.5 Å². The van der Waals surface area contributed by atoms with Crippen LogP contribution in [-0.4, -0.2) is 58.0 Å². The van der Waals surface area contributed by atoms with Gasteiger partial charge in [-0.3, -0.25) is 14.4 Å². The Morgan fingerprint density at radius 1 is 1.33 bits per heavy atom. The predicted molar refractivity (Wildman–Crippen MR) is 97.0 cm³/mol. The first kappa shape index (κ1) is 18.0. The Hall–Kier alpha value is -2.35. The molecule has 1 aromatic rings. The number of hydrogen-bond donors (Lipinski definition) is 3. The Morgan fingerprint density at radius 3 is 2.85 bits per heavy atom. The standard InChI is InChI=1S/C19H26N4O4/c1-19(2)12-10-23(16(15(12)19)17(26)21-6-5-14(24)25)18(27)13-4-3-11-9-20-7-8-22(11)13/h3-4,12,15-16,20H,5-10H2,1-2H3,(H,21,26)(H,24,25)/t12-,15-,16-/m0/s1. The van der Waals surface area contributed by atoms with Crippen LogP contribution < -0.4 is 10.6 Å². The minimum absolute atomic E-state index is 0.0358. The van der Waals surface area contributed by atoms with Gasteiger partial charge in [0.25, 0.3) is 5.91 Å². The van der Waals surface area contributed by atoms with Gasteiger partial charge in [0.2, 0.25) is 5.91 Å². The van der Waals surface area contributed by atoms with E-state index in [0.717, 1.165) is 25.3 Å². The summed E-state index contributed by atoms with van der Waals surface area (Å²) in [6.45, 7) is 7.22. The monoisotopic (exact) mass is 374 g/mol. The second-order valence-electron chi connectivity index (χ2n) is 8.33. The molecule has 8 heteroatoms. The van der Waals surface area contributed by atoms with E-state index in [9.17, 15) is 14.4 Å². The van der Waals surface area contributed by atoms with Gasteiger partial charge in [-0.05, 0) is 29.4 Å². The molecule has 1 saturated carbocycles. The summed E-state index contributed by atoms with van der Waals surface area (Å²) in [5.41, 5.74) is 1.75. The van der Waals surface area contributed by atoms with Gasteiger partial charge in [0.1, 0.15) is 11.7 Å². The highest BCUT2D eigenvalue weighted by molar-refractivity contribution is 5.98. The van der Waals surface area contributed by atoms with Crippen LogP contribution in [-0.2, 0) is 22.7 Å². The lowest BCUT2D eigenvalue weighted by Crippen LogP contribution is -2.50. The summed E-state index contributed by atoms with van der Waals surface area (Å²) in [7, 11) is 0. The molecule has 2 fully saturated rings. The largest absolute Gasteiger partial charge is 0.481 e. The summed E-state index contributed by atoms with van der Waals surface area (Å²) in [5, 5.41) is 14.8. The number of carboxylic acids is 1. The number of rotatable bonds is 5. The number of aromatic nitrogens is 1. The van der Waals surface area contributed by atoms with Crippen LogP contribution in [0.5, 0.6) is 0 Å². The molecule has 27 heavy (non-hydrogen) atoms. The maximum Gasteiger partial charge on any atom is 0.305 e. The van der Waals surface area contributed by atoms with Gasteiger partial charge in [-0.15, -0.1) is 0 Å². The Kier molecular flexibility index (Phi) is 4.25. The SMILES string of the molecule is CC1(C)[C@@H]2[C@@H](C(=O)NCCC(=O)O)N(C(=O)c3ccc4n3CCNC4)C[C@@H]21. The minimum atomic E-state index is -0.951. The summed E-state index contributed by atoms with van der Waals surface area (Å²) in [6.07, 6.45) is -0.122. The lowest BCUT2D eigenvalue weighted by molar-refractivity contribution is -0.137. The number of hydrogen-bond acceptors (Lipinski definition) is 4. The molecule has 0 spiro atoms. The first-order valence-corrected chi connectivity index (χ1v) is 9.52. The number of fused-ring (bicyclic) bond motifs is 2. The van der Waals surface area contributed by atoms with Gasteiger partial charge >= 0.3 is 5.97 Å². The van der Waals surface area contributed by atoms with E-state index in [2.05, 4.69) is 24.5 Å². The zero-order valence-electron chi connectivity index (χ0n) is 15.7. The van der Waals surface area contributed by atoms with E-state index >= 15 is 0 Å². The second kappa shape index (κ2) is 6.37. The van der Waals surface area contributed by atoms with E-state index in [-0.39, 0.29) is 36.1 Å². The number of nitrogens with zero attached hydrogens (tertiary/aromatic N) is 2. The maximum atomic E-state index is 13.3. The Labute approximate surface area is 157 Å². The molecule has 0 bridgehead atoms. The van der Waals surface area contributed by atoms with Crippen LogP contribution in [0.2, 0.25) is 0 Å². The normalized spacial score (nSPS) is 27.6. The van der Waals surface area contributed by atoms with E-state index in [1.165, 1.54) is 0 Å². The highest BCUT2D eigenvalue weighted by Gasteiger charge is 2.69. The quantitative estimate of drug-likeness (QED) is 0.687. The average Bonchev–Trinajstić information content (AvgIpc) is 3.04. The number of carboxylic acid groups (broad SMARTS) is 1. The lowest BCUT2D eigenvalue weighted by Gasteiger charge is -2.31. The van der Waals surface area contributed by atoms with E-state index < -0.39 is 12.0 Å². The molecule has 146 valence electrons. The highest BCUT2D eigenvalue weighted by atomic mass is 16.4. The number of nitrogens with one attached hydrogen (secondary N) is 2. The topological polar surface area (TPSA) is 104 Å². The molecule has 0 unspecified atom stereocenters. The summed E-state index contributed by atoms with van der Waals surface area (Å²) in [5.74, 6) is -0.857. The molecule has 2 amide bonds. The maximum absolute atomic E-state index is 13.3. The van der Waals surface area contributed by atoms with Crippen molar-refractivity contribution in [3.63, 3.8) is 0 Å². The van der Waals surface area contributed by atoms with E-state index in [4.69, 9.17) is 5.11 Å². The molecule has 4 rings (SSSR count). The summed E-state index contributed by atoms with van der Waals surface area (Å²) in [4.78, 5) is 38.5. The van der Waals surface area contributed by atoms with Gasteiger partial charge in [0.05, 0.1) is 6.42 Å². The van der Waals surface area contributed by atoms with Crippen LogP contribution in [0, 0.1) is 17.3 Å². The molecule has 1 aliphatic carbocycles. The molecule has 3 heterocycles. The molecular formula is C19H26N4O4. The molecule has 3 N–H and O–H groups in total. The molecule has 2 aliphatic heterocycles. The van der Waals surface area contributed by atoms with Gasteiger partial charge in [0, 0.05) is 38.4 Å². The zero-order valence-corrected chi connectivity index (χ0v) is 15.7. The van der Waals surface area contributed by atoms with E-state index in [1.54, 1.807) is 4.90 Å².